The summed E-state index contributed by atoms with van der Waals surface area (Å²) in [7, 11) is -1.85. The number of amides is 1. The van der Waals surface area contributed by atoms with Crippen molar-refractivity contribution in [2.45, 2.75) is 6.61 Å². The lowest BCUT2D eigenvalue weighted by molar-refractivity contribution is 0.0901. The molecule has 1 N–H and O–H groups in total. The Kier molecular flexibility index (Phi) is 6.55. The van der Waals surface area contributed by atoms with Gasteiger partial charge in [0.25, 0.3) is 5.91 Å². The highest BCUT2D eigenvalue weighted by Crippen LogP contribution is 2.16. The summed E-state index contributed by atoms with van der Waals surface area (Å²) in [6.45, 7) is 1.31. The molecule has 2 aromatic carbocycles. The summed E-state index contributed by atoms with van der Waals surface area (Å²) >= 11 is 0. The maximum atomic E-state index is 12.1. The molecule has 0 aromatic heterocycles. The average Bonchev–Trinajstić information content (AvgIpc) is 2.61. The maximum absolute atomic E-state index is 12.1. The smallest absolute Gasteiger partial charge is 0.251 e. The number of nitrogens with one attached hydrogen (secondary N) is 1. The van der Waals surface area contributed by atoms with Crippen LogP contribution in [-0.2, 0) is 21.4 Å². The molecule has 0 bridgehead atoms. The van der Waals surface area contributed by atoms with Crippen LogP contribution in [0.15, 0.2) is 54.6 Å². The third-order valence-corrected chi connectivity index (χ3v) is 4.84. The Labute approximate surface area is 148 Å². The van der Waals surface area contributed by atoms with Crippen molar-refractivity contribution >= 4 is 21.6 Å². The first-order valence-corrected chi connectivity index (χ1v) is 9.66. The second-order valence-corrected chi connectivity index (χ2v) is 7.59. The fourth-order valence-corrected chi connectivity index (χ4v) is 2.62. The van der Waals surface area contributed by atoms with Crippen LogP contribution in [0.25, 0.3) is 0 Å². The number of nitrogens with zero attached hydrogens (tertiary/aromatic N) is 1. The largest absolute Gasteiger partial charge is 0.375 e. The number of hydrogen-bond acceptors (Lipinski definition) is 4. The number of ether oxygens (including phenoxy) is 1. The molecule has 0 aliphatic carbocycles. The average molecular weight is 362 g/mol. The summed E-state index contributed by atoms with van der Waals surface area (Å²) in [5.74, 6) is -0.225. The lowest BCUT2D eigenvalue weighted by Crippen LogP contribution is -2.27. The van der Waals surface area contributed by atoms with Crippen molar-refractivity contribution in [3.63, 3.8) is 0 Å². The van der Waals surface area contributed by atoms with Crippen molar-refractivity contribution in [1.29, 1.82) is 0 Å². The van der Waals surface area contributed by atoms with Gasteiger partial charge in [0.05, 0.1) is 25.2 Å². The topological polar surface area (TPSA) is 75.7 Å². The predicted molar refractivity (Wildman–Crippen MR) is 98.1 cm³/mol. The maximum Gasteiger partial charge on any atom is 0.251 e. The SMILES string of the molecule is CN(c1ccc(C(=O)NCCOCc2ccccc2)cc1)S(C)(=O)=O. The minimum absolute atomic E-state index is 0.225. The quantitative estimate of drug-likeness (QED) is 0.729. The monoisotopic (exact) mass is 362 g/mol. The molecule has 6 nitrogen and oxygen atoms in total. The van der Waals surface area contributed by atoms with Crippen LogP contribution in [0, 0.1) is 0 Å². The Balaban J connectivity index is 1.77. The lowest BCUT2D eigenvalue weighted by atomic mass is 10.2. The zero-order chi connectivity index (χ0) is 18.3. The summed E-state index contributed by atoms with van der Waals surface area (Å²) in [4.78, 5) is 12.1. The number of carbonyl (C=O) groups is 1. The zero-order valence-electron chi connectivity index (χ0n) is 14.3. The molecular formula is C18H22N2O4S. The highest BCUT2D eigenvalue weighted by atomic mass is 32.2. The highest BCUT2D eigenvalue weighted by Gasteiger charge is 2.12. The normalized spacial score (nSPS) is 11.1. The summed E-state index contributed by atoms with van der Waals surface area (Å²) in [5.41, 5.74) is 2.05. The molecule has 25 heavy (non-hydrogen) atoms. The fourth-order valence-electron chi connectivity index (χ4n) is 2.12. The number of hydrogen-bond donors (Lipinski definition) is 1. The molecule has 2 rings (SSSR count). The van der Waals surface area contributed by atoms with Crippen molar-refractivity contribution in [1.82, 2.24) is 5.32 Å². The van der Waals surface area contributed by atoms with Crippen molar-refractivity contribution in [3.8, 4) is 0 Å². The molecule has 0 atom stereocenters. The molecule has 0 aliphatic heterocycles. The summed E-state index contributed by atoms with van der Waals surface area (Å²) in [6.07, 6.45) is 1.13. The Bertz CT molecular complexity index is 790. The summed E-state index contributed by atoms with van der Waals surface area (Å²) in [6, 6.07) is 16.2. The van der Waals surface area contributed by atoms with E-state index in [1.165, 1.54) is 7.05 Å². The van der Waals surface area contributed by atoms with Crippen molar-refractivity contribution in [2.75, 3.05) is 30.8 Å². The van der Waals surface area contributed by atoms with E-state index in [1.807, 2.05) is 30.3 Å². The molecule has 0 saturated heterocycles. The summed E-state index contributed by atoms with van der Waals surface area (Å²) in [5, 5.41) is 2.77. The molecule has 0 saturated carbocycles. The van der Waals surface area contributed by atoms with E-state index in [0.29, 0.717) is 31.0 Å². The molecule has 2 aromatic rings. The van der Waals surface area contributed by atoms with Crippen LogP contribution >= 0.6 is 0 Å². The van der Waals surface area contributed by atoms with Gasteiger partial charge in [-0.3, -0.25) is 9.10 Å². The van der Waals surface area contributed by atoms with Crippen molar-refractivity contribution in [3.05, 3.63) is 65.7 Å². The molecule has 1 amide bonds. The zero-order valence-corrected chi connectivity index (χ0v) is 15.1. The van der Waals surface area contributed by atoms with E-state index >= 15 is 0 Å². The van der Waals surface area contributed by atoms with Gasteiger partial charge in [0.1, 0.15) is 0 Å². The number of sulfonamides is 1. The molecule has 0 unspecified atom stereocenters. The van der Waals surface area contributed by atoms with Gasteiger partial charge in [-0.15, -0.1) is 0 Å². The molecule has 134 valence electrons. The lowest BCUT2D eigenvalue weighted by Gasteiger charge is -2.16. The van der Waals surface area contributed by atoms with Gasteiger partial charge < -0.3 is 10.1 Å². The van der Waals surface area contributed by atoms with Gasteiger partial charge >= 0.3 is 0 Å². The van der Waals surface area contributed by atoms with Gasteiger partial charge in [-0.2, -0.15) is 0 Å². The van der Waals surface area contributed by atoms with Gasteiger partial charge in [0, 0.05) is 19.2 Å². The second kappa shape index (κ2) is 8.64. The van der Waals surface area contributed by atoms with E-state index in [4.69, 9.17) is 4.74 Å². The van der Waals surface area contributed by atoms with E-state index in [1.54, 1.807) is 24.3 Å². The Hall–Kier alpha value is -2.38. The predicted octanol–water partition coefficient (Wildman–Crippen LogP) is 2.03. The molecule has 0 fully saturated rings. The molecule has 0 aliphatic rings. The molecule has 0 spiro atoms. The van der Waals surface area contributed by atoms with E-state index in [9.17, 15) is 13.2 Å². The second-order valence-electron chi connectivity index (χ2n) is 5.57. The van der Waals surface area contributed by atoms with Crippen molar-refractivity contribution < 1.29 is 17.9 Å². The molecule has 0 heterocycles. The minimum Gasteiger partial charge on any atom is -0.375 e. The molecule has 0 radical (unpaired) electrons. The number of rotatable bonds is 8. The third kappa shape index (κ3) is 5.88. The van der Waals surface area contributed by atoms with Crippen LogP contribution in [0.5, 0.6) is 0 Å². The van der Waals surface area contributed by atoms with Crippen LogP contribution in [-0.4, -0.2) is 40.8 Å². The van der Waals surface area contributed by atoms with E-state index in [2.05, 4.69) is 5.32 Å². The molecular weight excluding hydrogens is 340 g/mol. The Morgan fingerprint density at radius 2 is 1.72 bits per heavy atom. The number of carbonyl (C=O) groups excluding carboxylic acids is 1. The third-order valence-electron chi connectivity index (χ3n) is 3.63. The van der Waals surface area contributed by atoms with Crippen LogP contribution in [0.1, 0.15) is 15.9 Å². The van der Waals surface area contributed by atoms with E-state index in [-0.39, 0.29) is 5.91 Å². The van der Waals surface area contributed by atoms with Gasteiger partial charge in [0.15, 0.2) is 0 Å². The molecule has 7 heteroatoms. The first-order chi connectivity index (χ1) is 11.9. The van der Waals surface area contributed by atoms with Gasteiger partial charge in [-0.1, -0.05) is 30.3 Å². The highest BCUT2D eigenvalue weighted by molar-refractivity contribution is 7.92. The van der Waals surface area contributed by atoms with Crippen molar-refractivity contribution in [2.24, 2.45) is 0 Å². The number of benzene rings is 2. The fraction of sp³-hybridized carbons (Fsp3) is 0.278. The Morgan fingerprint density at radius 3 is 2.32 bits per heavy atom. The number of anilines is 1. The summed E-state index contributed by atoms with van der Waals surface area (Å²) < 4.78 is 29.6. The van der Waals surface area contributed by atoms with Gasteiger partial charge in [-0.25, -0.2) is 8.42 Å². The van der Waals surface area contributed by atoms with Gasteiger partial charge in [0.2, 0.25) is 10.0 Å². The first-order valence-electron chi connectivity index (χ1n) is 7.82. The standard InChI is InChI=1S/C18H22N2O4S/c1-20(25(2,22)23)17-10-8-16(9-11-17)18(21)19-12-13-24-14-15-6-4-3-5-7-15/h3-11H,12-14H2,1-2H3,(H,19,21). The van der Waals surface area contributed by atoms with Crippen LogP contribution in [0.4, 0.5) is 5.69 Å². The van der Waals surface area contributed by atoms with Crippen LogP contribution in [0.3, 0.4) is 0 Å². The van der Waals surface area contributed by atoms with E-state index in [0.717, 1.165) is 16.1 Å². The van der Waals surface area contributed by atoms with Crippen LogP contribution < -0.4 is 9.62 Å². The Morgan fingerprint density at radius 1 is 1.08 bits per heavy atom. The van der Waals surface area contributed by atoms with Crippen LogP contribution in [0.2, 0.25) is 0 Å². The minimum atomic E-state index is -3.32. The van der Waals surface area contributed by atoms with Gasteiger partial charge in [-0.05, 0) is 29.8 Å². The van der Waals surface area contributed by atoms with E-state index < -0.39 is 10.0 Å². The first kappa shape index (κ1) is 19.0.